The summed E-state index contributed by atoms with van der Waals surface area (Å²) >= 11 is 7.39. The fraction of sp³-hybridized carbons (Fsp3) is 0.353. The number of anilines is 1. The van der Waals surface area contributed by atoms with E-state index in [1.54, 1.807) is 7.11 Å². The normalized spacial score (nSPS) is 14.6. The van der Waals surface area contributed by atoms with E-state index in [9.17, 15) is 4.79 Å². The first kappa shape index (κ1) is 16.9. The van der Waals surface area contributed by atoms with Crippen molar-refractivity contribution in [2.24, 2.45) is 0 Å². The van der Waals surface area contributed by atoms with E-state index in [1.165, 1.54) is 11.3 Å². The zero-order valence-electron chi connectivity index (χ0n) is 13.5. The third-order valence-corrected chi connectivity index (χ3v) is 5.27. The summed E-state index contributed by atoms with van der Waals surface area (Å²) in [5, 5.41) is 2.95. The van der Waals surface area contributed by atoms with Crippen LogP contribution < -0.4 is 15.0 Å². The first-order chi connectivity index (χ1) is 11.7. The SMILES string of the molecule is COc1ccccc1N1CCN(C(=O)NCc2ccc(Cl)s2)CC1. The number of halogens is 1. The highest BCUT2D eigenvalue weighted by Crippen LogP contribution is 2.28. The van der Waals surface area contributed by atoms with Crippen LogP contribution in [-0.2, 0) is 6.54 Å². The Labute approximate surface area is 150 Å². The van der Waals surface area contributed by atoms with E-state index in [0.717, 1.165) is 33.7 Å². The van der Waals surface area contributed by atoms with Gasteiger partial charge in [-0.05, 0) is 24.3 Å². The third kappa shape index (κ3) is 3.94. The van der Waals surface area contributed by atoms with Crippen LogP contribution >= 0.6 is 22.9 Å². The minimum atomic E-state index is -0.0285. The number of thiophene rings is 1. The molecular weight excluding hydrogens is 346 g/mol. The largest absolute Gasteiger partial charge is 0.495 e. The average Bonchev–Trinajstić information content (AvgIpc) is 3.05. The maximum atomic E-state index is 12.3. The predicted molar refractivity (Wildman–Crippen MR) is 98.3 cm³/mol. The van der Waals surface area contributed by atoms with Gasteiger partial charge in [-0.25, -0.2) is 4.79 Å². The minimum absolute atomic E-state index is 0.0285. The number of amides is 2. The van der Waals surface area contributed by atoms with E-state index in [1.807, 2.05) is 35.2 Å². The number of rotatable bonds is 4. The van der Waals surface area contributed by atoms with Crippen LogP contribution in [0.15, 0.2) is 36.4 Å². The monoisotopic (exact) mass is 365 g/mol. The maximum Gasteiger partial charge on any atom is 0.317 e. The number of carbonyl (C=O) groups is 1. The summed E-state index contributed by atoms with van der Waals surface area (Å²) in [7, 11) is 1.68. The number of benzene rings is 1. The van der Waals surface area contributed by atoms with Crippen LogP contribution in [-0.4, -0.2) is 44.2 Å². The highest BCUT2D eigenvalue weighted by atomic mass is 35.5. The molecule has 0 radical (unpaired) electrons. The summed E-state index contributed by atoms with van der Waals surface area (Å²) in [5.74, 6) is 0.866. The molecule has 2 amide bonds. The summed E-state index contributed by atoms with van der Waals surface area (Å²) in [6.45, 7) is 3.48. The first-order valence-corrected chi connectivity index (χ1v) is 9.02. The number of nitrogens with zero attached hydrogens (tertiary/aromatic N) is 2. The van der Waals surface area contributed by atoms with Crippen LogP contribution in [0, 0.1) is 0 Å². The molecule has 1 N–H and O–H groups in total. The highest BCUT2D eigenvalue weighted by molar-refractivity contribution is 7.16. The van der Waals surface area contributed by atoms with Crippen molar-refractivity contribution in [2.45, 2.75) is 6.54 Å². The van der Waals surface area contributed by atoms with Crippen LogP contribution in [0.25, 0.3) is 0 Å². The van der Waals surface area contributed by atoms with E-state index in [-0.39, 0.29) is 6.03 Å². The standard InChI is InChI=1S/C17H20ClN3O2S/c1-23-15-5-3-2-4-14(15)20-8-10-21(11-9-20)17(22)19-12-13-6-7-16(18)24-13/h2-7H,8-12H2,1H3,(H,19,22). The lowest BCUT2D eigenvalue weighted by Crippen LogP contribution is -2.51. The van der Waals surface area contributed by atoms with Gasteiger partial charge in [0.25, 0.3) is 0 Å². The molecule has 1 saturated heterocycles. The lowest BCUT2D eigenvalue weighted by atomic mass is 10.2. The van der Waals surface area contributed by atoms with Gasteiger partial charge in [-0.15, -0.1) is 11.3 Å². The number of para-hydroxylation sites is 2. The molecule has 1 aromatic carbocycles. The number of hydrogen-bond acceptors (Lipinski definition) is 4. The van der Waals surface area contributed by atoms with Gasteiger partial charge in [-0.2, -0.15) is 0 Å². The molecule has 0 aliphatic carbocycles. The van der Waals surface area contributed by atoms with Crippen LogP contribution in [0.2, 0.25) is 4.34 Å². The minimum Gasteiger partial charge on any atom is -0.495 e. The Hall–Kier alpha value is -1.92. The fourth-order valence-corrected chi connectivity index (χ4v) is 3.79. The number of methoxy groups -OCH3 is 1. The topological polar surface area (TPSA) is 44.8 Å². The predicted octanol–water partition coefficient (Wildman–Crippen LogP) is 3.44. The fourth-order valence-electron chi connectivity index (χ4n) is 2.76. The molecule has 7 heteroatoms. The molecule has 0 bridgehead atoms. The number of ether oxygens (including phenoxy) is 1. The maximum absolute atomic E-state index is 12.3. The van der Waals surface area contributed by atoms with Crippen LogP contribution in [0.4, 0.5) is 10.5 Å². The van der Waals surface area contributed by atoms with Crippen molar-refractivity contribution in [3.8, 4) is 5.75 Å². The van der Waals surface area contributed by atoms with Crippen LogP contribution in [0.5, 0.6) is 5.75 Å². The molecule has 1 aliphatic rings. The second-order valence-corrected chi connectivity index (χ2v) is 7.31. The molecule has 5 nitrogen and oxygen atoms in total. The van der Waals surface area contributed by atoms with Crippen molar-refractivity contribution in [2.75, 3.05) is 38.2 Å². The number of carbonyl (C=O) groups excluding carboxylic acids is 1. The Morgan fingerprint density at radius 2 is 1.96 bits per heavy atom. The molecule has 1 fully saturated rings. The molecule has 1 aliphatic heterocycles. The lowest BCUT2D eigenvalue weighted by molar-refractivity contribution is 0.194. The van der Waals surface area contributed by atoms with Gasteiger partial charge in [-0.3, -0.25) is 0 Å². The zero-order chi connectivity index (χ0) is 16.9. The second-order valence-electron chi connectivity index (χ2n) is 5.51. The van der Waals surface area contributed by atoms with E-state index in [0.29, 0.717) is 19.6 Å². The Morgan fingerprint density at radius 3 is 2.62 bits per heavy atom. The molecule has 24 heavy (non-hydrogen) atoms. The molecule has 2 heterocycles. The Bertz CT molecular complexity index is 699. The van der Waals surface area contributed by atoms with Gasteiger partial charge in [0, 0.05) is 31.1 Å². The summed E-state index contributed by atoms with van der Waals surface area (Å²) in [6.07, 6.45) is 0. The summed E-state index contributed by atoms with van der Waals surface area (Å²) in [6, 6.07) is 11.7. The van der Waals surface area contributed by atoms with Gasteiger partial charge in [-0.1, -0.05) is 23.7 Å². The van der Waals surface area contributed by atoms with E-state index >= 15 is 0 Å². The van der Waals surface area contributed by atoms with Crippen molar-refractivity contribution in [1.29, 1.82) is 0 Å². The van der Waals surface area contributed by atoms with Crippen molar-refractivity contribution in [1.82, 2.24) is 10.2 Å². The molecular formula is C17H20ClN3O2S. The van der Waals surface area contributed by atoms with Gasteiger partial charge in [0.15, 0.2) is 0 Å². The zero-order valence-corrected chi connectivity index (χ0v) is 15.1. The quantitative estimate of drug-likeness (QED) is 0.902. The van der Waals surface area contributed by atoms with Crippen molar-refractivity contribution in [3.63, 3.8) is 0 Å². The second kappa shape index (κ2) is 7.77. The molecule has 3 rings (SSSR count). The number of hydrogen-bond donors (Lipinski definition) is 1. The van der Waals surface area contributed by atoms with Gasteiger partial charge in [0.05, 0.1) is 23.7 Å². The average molecular weight is 366 g/mol. The highest BCUT2D eigenvalue weighted by Gasteiger charge is 2.22. The van der Waals surface area contributed by atoms with Gasteiger partial charge in [0.1, 0.15) is 5.75 Å². The molecule has 128 valence electrons. The smallest absolute Gasteiger partial charge is 0.317 e. The van der Waals surface area contributed by atoms with E-state index in [2.05, 4.69) is 16.3 Å². The van der Waals surface area contributed by atoms with Crippen LogP contribution in [0.1, 0.15) is 4.88 Å². The number of nitrogens with one attached hydrogen (secondary N) is 1. The van der Waals surface area contributed by atoms with Crippen molar-refractivity contribution in [3.05, 3.63) is 45.6 Å². The van der Waals surface area contributed by atoms with Crippen LogP contribution in [0.3, 0.4) is 0 Å². The van der Waals surface area contributed by atoms with E-state index < -0.39 is 0 Å². The Morgan fingerprint density at radius 1 is 1.21 bits per heavy atom. The van der Waals surface area contributed by atoms with Crippen molar-refractivity contribution < 1.29 is 9.53 Å². The van der Waals surface area contributed by atoms with Gasteiger partial charge in [0.2, 0.25) is 0 Å². The summed E-state index contributed by atoms with van der Waals surface area (Å²) in [4.78, 5) is 17.4. The molecule has 0 saturated carbocycles. The van der Waals surface area contributed by atoms with Crippen molar-refractivity contribution >= 4 is 34.7 Å². The van der Waals surface area contributed by atoms with E-state index in [4.69, 9.17) is 16.3 Å². The molecule has 0 spiro atoms. The third-order valence-electron chi connectivity index (χ3n) is 4.04. The Kier molecular flexibility index (Phi) is 5.48. The van der Waals surface area contributed by atoms with Gasteiger partial charge >= 0.3 is 6.03 Å². The summed E-state index contributed by atoms with van der Waals surface area (Å²) in [5.41, 5.74) is 1.08. The molecule has 2 aromatic rings. The molecule has 0 atom stereocenters. The van der Waals surface area contributed by atoms with Gasteiger partial charge < -0.3 is 19.9 Å². The molecule has 0 unspecified atom stereocenters. The number of urea groups is 1. The first-order valence-electron chi connectivity index (χ1n) is 7.82. The molecule has 1 aromatic heterocycles. The summed E-state index contributed by atoms with van der Waals surface area (Å²) < 4.78 is 6.16. The number of piperazine rings is 1. The Balaban J connectivity index is 1.52. The lowest BCUT2D eigenvalue weighted by Gasteiger charge is -2.36.